The molecule has 96 valence electrons. The Morgan fingerprint density at radius 3 is 2.11 bits per heavy atom. The van der Waals surface area contributed by atoms with Gasteiger partial charge in [-0.15, -0.1) is 0 Å². The van der Waals surface area contributed by atoms with Crippen LogP contribution in [0, 0.1) is 0 Å². The van der Waals surface area contributed by atoms with Crippen molar-refractivity contribution >= 4 is 18.2 Å². The van der Waals surface area contributed by atoms with E-state index in [4.69, 9.17) is 9.47 Å². The Kier molecular flexibility index (Phi) is 5.05. The van der Waals surface area contributed by atoms with Crippen molar-refractivity contribution in [1.82, 2.24) is 0 Å². The van der Waals surface area contributed by atoms with E-state index in [1.165, 1.54) is 18.2 Å². The lowest BCUT2D eigenvalue weighted by molar-refractivity contribution is -0.136. The maximum atomic E-state index is 11.2. The number of rotatable bonds is 5. The van der Waals surface area contributed by atoms with Crippen molar-refractivity contribution in [2.24, 2.45) is 0 Å². The minimum absolute atomic E-state index is 0.0771. The molecule has 0 saturated carbocycles. The van der Waals surface area contributed by atoms with Gasteiger partial charge < -0.3 is 9.47 Å². The Bertz CT molecular complexity index is 464. The zero-order chi connectivity index (χ0) is 13.5. The Labute approximate surface area is 105 Å². The van der Waals surface area contributed by atoms with Crippen LogP contribution in [0.3, 0.4) is 0 Å². The first-order valence-corrected chi connectivity index (χ1v) is 5.61. The molecule has 0 N–H and O–H groups in total. The summed E-state index contributed by atoms with van der Waals surface area (Å²) in [4.78, 5) is 33.1. The lowest BCUT2D eigenvalue weighted by Gasteiger charge is -2.09. The fraction of sp³-hybridized carbons (Fsp3) is 0.308. The highest BCUT2D eigenvalue weighted by atomic mass is 16.6. The van der Waals surface area contributed by atoms with Crippen molar-refractivity contribution in [3.05, 3.63) is 23.8 Å². The van der Waals surface area contributed by atoms with E-state index in [0.717, 1.165) is 0 Å². The summed E-state index contributed by atoms with van der Waals surface area (Å²) in [5, 5.41) is 0. The number of carbonyl (C=O) groups excluding carboxylic acids is 3. The maximum absolute atomic E-state index is 11.2. The van der Waals surface area contributed by atoms with E-state index < -0.39 is 11.9 Å². The highest BCUT2D eigenvalue weighted by Gasteiger charge is 2.13. The summed E-state index contributed by atoms with van der Waals surface area (Å²) in [5.74, 6) is -0.697. The topological polar surface area (TPSA) is 69.7 Å². The predicted molar refractivity (Wildman–Crippen MR) is 63.7 cm³/mol. The van der Waals surface area contributed by atoms with Crippen LogP contribution in [-0.2, 0) is 9.59 Å². The molecule has 0 aromatic heterocycles. The van der Waals surface area contributed by atoms with E-state index in [1.54, 1.807) is 13.8 Å². The van der Waals surface area contributed by atoms with Crippen LogP contribution in [0.15, 0.2) is 18.2 Å². The van der Waals surface area contributed by atoms with E-state index in [9.17, 15) is 14.4 Å². The number of aldehydes is 1. The molecule has 0 fully saturated rings. The van der Waals surface area contributed by atoms with Gasteiger partial charge in [-0.3, -0.25) is 14.4 Å². The largest absolute Gasteiger partial charge is 0.423 e. The Balaban J connectivity index is 3.03. The molecule has 5 nitrogen and oxygen atoms in total. The molecule has 18 heavy (non-hydrogen) atoms. The molecule has 0 heterocycles. The molecular weight excluding hydrogens is 236 g/mol. The van der Waals surface area contributed by atoms with Gasteiger partial charge in [0.05, 0.1) is 0 Å². The van der Waals surface area contributed by atoms with Gasteiger partial charge in [0.25, 0.3) is 0 Å². The number of ether oxygens (including phenoxy) is 2. The molecule has 1 rings (SSSR count). The molecular formula is C13H14O5. The number of hydrogen-bond acceptors (Lipinski definition) is 5. The van der Waals surface area contributed by atoms with Crippen LogP contribution in [0.5, 0.6) is 11.5 Å². The van der Waals surface area contributed by atoms with Gasteiger partial charge in [0, 0.05) is 18.4 Å². The number of benzene rings is 1. The lowest BCUT2D eigenvalue weighted by atomic mass is 10.2. The standard InChI is InChI=1S/C13H14O5/c1-3-12(15)17-10-6-5-9(8-14)7-11(10)18-13(16)4-2/h5-8H,3-4H2,1-2H3. The van der Waals surface area contributed by atoms with Crippen LogP contribution >= 0.6 is 0 Å². The molecule has 0 unspecified atom stereocenters. The highest BCUT2D eigenvalue weighted by molar-refractivity contribution is 5.80. The first-order valence-electron chi connectivity index (χ1n) is 5.61. The predicted octanol–water partition coefficient (Wildman–Crippen LogP) is 2.13. The van der Waals surface area contributed by atoms with Crippen molar-refractivity contribution in [1.29, 1.82) is 0 Å². The molecule has 0 radical (unpaired) electrons. The smallest absolute Gasteiger partial charge is 0.311 e. The maximum Gasteiger partial charge on any atom is 0.311 e. The third-order valence-corrected chi connectivity index (χ3v) is 2.13. The van der Waals surface area contributed by atoms with Crippen molar-refractivity contribution in [3.8, 4) is 11.5 Å². The Morgan fingerprint density at radius 1 is 1.06 bits per heavy atom. The van der Waals surface area contributed by atoms with Crippen LogP contribution in [0.25, 0.3) is 0 Å². The van der Waals surface area contributed by atoms with Crippen LogP contribution in [0.1, 0.15) is 37.0 Å². The molecule has 0 aliphatic carbocycles. The second-order valence-corrected chi connectivity index (χ2v) is 3.48. The highest BCUT2D eigenvalue weighted by Crippen LogP contribution is 2.28. The first-order chi connectivity index (χ1) is 8.60. The molecule has 0 atom stereocenters. The Morgan fingerprint density at radius 2 is 1.61 bits per heavy atom. The van der Waals surface area contributed by atoms with Crippen molar-refractivity contribution in [3.63, 3.8) is 0 Å². The minimum Gasteiger partial charge on any atom is -0.423 e. The van der Waals surface area contributed by atoms with E-state index in [2.05, 4.69) is 0 Å². The normalized spacial score (nSPS) is 9.67. The second-order valence-electron chi connectivity index (χ2n) is 3.48. The first kappa shape index (κ1) is 13.9. The molecule has 0 saturated heterocycles. The fourth-order valence-electron chi connectivity index (χ4n) is 1.15. The average Bonchev–Trinajstić information content (AvgIpc) is 2.40. The van der Waals surface area contributed by atoms with Crippen molar-refractivity contribution in [2.75, 3.05) is 0 Å². The number of carbonyl (C=O) groups is 3. The summed E-state index contributed by atoms with van der Waals surface area (Å²) in [7, 11) is 0. The third kappa shape index (κ3) is 3.69. The van der Waals surface area contributed by atoms with Gasteiger partial charge in [0.1, 0.15) is 6.29 Å². The summed E-state index contributed by atoms with van der Waals surface area (Å²) in [6.07, 6.45) is 1.01. The van der Waals surface area contributed by atoms with Gasteiger partial charge in [0.2, 0.25) is 0 Å². The third-order valence-electron chi connectivity index (χ3n) is 2.13. The summed E-state index contributed by atoms with van der Waals surface area (Å²) >= 11 is 0. The molecule has 1 aromatic carbocycles. The molecule has 0 amide bonds. The van der Waals surface area contributed by atoms with Crippen LogP contribution < -0.4 is 9.47 Å². The summed E-state index contributed by atoms with van der Waals surface area (Å²) in [6.45, 7) is 3.30. The van der Waals surface area contributed by atoms with E-state index in [0.29, 0.717) is 11.8 Å². The van der Waals surface area contributed by atoms with Gasteiger partial charge in [-0.25, -0.2) is 0 Å². The summed E-state index contributed by atoms with van der Waals surface area (Å²) in [6, 6.07) is 4.27. The Hall–Kier alpha value is -2.17. The summed E-state index contributed by atoms with van der Waals surface area (Å²) in [5.41, 5.74) is 0.338. The number of esters is 2. The van der Waals surface area contributed by atoms with E-state index in [-0.39, 0.29) is 24.3 Å². The van der Waals surface area contributed by atoms with E-state index in [1.807, 2.05) is 0 Å². The van der Waals surface area contributed by atoms with Crippen LogP contribution in [0.2, 0.25) is 0 Å². The number of hydrogen-bond donors (Lipinski definition) is 0. The molecule has 0 spiro atoms. The van der Waals surface area contributed by atoms with Crippen molar-refractivity contribution < 1.29 is 23.9 Å². The molecule has 0 bridgehead atoms. The van der Waals surface area contributed by atoms with Crippen LogP contribution in [-0.4, -0.2) is 18.2 Å². The summed E-state index contributed by atoms with van der Waals surface area (Å²) < 4.78 is 10.0. The average molecular weight is 250 g/mol. The zero-order valence-electron chi connectivity index (χ0n) is 10.3. The molecule has 0 aliphatic rings. The fourth-order valence-corrected chi connectivity index (χ4v) is 1.15. The van der Waals surface area contributed by atoms with E-state index >= 15 is 0 Å². The lowest BCUT2D eigenvalue weighted by Crippen LogP contribution is -2.10. The quantitative estimate of drug-likeness (QED) is 0.455. The second kappa shape index (κ2) is 6.54. The van der Waals surface area contributed by atoms with Gasteiger partial charge in [-0.1, -0.05) is 13.8 Å². The van der Waals surface area contributed by atoms with Crippen molar-refractivity contribution in [2.45, 2.75) is 26.7 Å². The SMILES string of the molecule is CCC(=O)Oc1ccc(C=O)cc1OC(=O)CC. The molecule has 5 heteroatoms. The molecule has 1 aromatic rings. The van der Waals surface area contributed by atoms with Gasteiger partial charge in [-0.05, 0) is 18.2 Å². The van der Waals surface area contributed by atoms with Gasteiger partial charge >= 0.3 is 11.9 Å². The zero-order valence-corrected chi connectivity index (χ0v) is 10.3. The van der Waals surface area contributed by atoms with Crippen LogP contribution in [0.4, 0.5) is 0 Å². The van der Waals surface area contributed by atoms with Gasteiger partial charge in [0.15, 0.2) is 11.5 Å². The van der Waals surface area contributed by atoms with Gasteiger partial charge in [-0.2, -0.15) is 0 Å². The minimum atomic E-state index is -0.466. The monoisotopic (exact) mass is 250 g/mol. The molecule has 0 aliphatic heterocycles.